The Bertz CT molecular complexity index is 741. The van der Waals surface area contributed by atoms with Crippen LogP contribution in [0.5, 0.6) is 0 Å². The van der Waals surface area contributed by atoms with Gasteiger partial charge < -0.3 is 9.88 Å². The maximum absolute atomic E-state index is 11.9. The van der Waals surface area contributed by atoms with Crippen molar-refractivity contribution < 1.29 is 4.79 Å². The van der Waals surface area contributed by atoms with E-state index in [4.69, 9.17) is 0 Å². The fourth-order valence-electron chi connectivity index (χ4n) is 2.88. The van der Waals surface area contributed by atoms with E-state index in [1.54, 1.807) is 6.08 Å². The number of anilines is 1. The Balaban J connectivity index is 1.87. The molecule has 0 aliphatic carbocycles. The third kappa shape index (κ3) is 3.67. The highest BCUT2D eigenvalue weighted by atomic mass is 16.1. The number of amides is 1. The molecular formula is C18H22N4O. The molecule has 0 radical (unpaired) electrons. The second-order valence-electron chi connectivity index (χ2n) is 6.19. The molecule has 5 heteroatoms. The van der Waals surface area contributed by atoms with Crippen molar-refractivity contribution in [1.29, 1.82) is 0 Å². The van der Waals surface area contributed by atoms with Crippen molar-refractivity contribution in [2.75, 3.05) is 5.32 Å². The van der Waals surface area contributed by atoms with Gasteiger partial charge in [0.25, 0.3) is 0 Å². The zero-order valence-corrected chi connectivity index (χ0v) is 13.7. The molecule has 5 nitrogen and oxygen atoms in total. The van der Waals surface area contributed by atoms with Gasteiger partial charge in [-0.2, -0.15) is 0 Å². The second kappa shape index (κ2) is 6.77. The summed E-state index contributed by atoms with van der Waals surface area (Å²) in [6.07, 6.45) is 6.16. The van der Waals surface area contributed by atoms with Crippen molar-refractivity contribution in [3.05, 3.63) is 41.7 Å². The van der Waals surface area contributed by atoms with Gasteiger partial charge in [-0.1, -0.05) is 24.1 Å². The number of hydrogen-bond acceptors (Lipinski definition) is 3. The van der Waals surface area contributed by atoms with Gasteiger partial charge in [0.1, 0.15) is 5.82 Å². The number of rotatable bonds is 3. The van der Waals surface area contributed by atoms with E-state index in [2.05, 4.69) is 20.1 Å². The Kier molecular flexibility index (Phi) is 4.55. The number of aryl methyl sites for hydroxylation is 1. The van der Waals surface area contributed by atoms with Crippen molar-refractivity contribution in [1.82, 2.24) is 14.8 Å². The summed E-state index contributed by atoms with van der Waals surface area (Å²) in [5.74, 6) is 1.85. The third-order valence-electron chi connectivity index (χ3n) is 3.92. The standard InChI is InChI=1S/C18H22N4O/c1-13(2)11-17(23)19-15-8-6-7-14(12-15)18-21-20-16-9-4-3-5-10-22(16)18/h6-8,11-12H,3-5,9-10H2,1-2H3,(H,19,23). The summed E-state index contributed by atoms with van der Waals surface area (Å²) in [6, 6.07) is 7.80. The summed E-state index contributed by atoms with van der Waals surface area (Å²) in [5.41, 5.74) is 2.73. The number of allylic oxidation sites excluding steroid dienone is 1. The van der Waals surface area contributed by atoms with Gasteiger partial charge >= 0.3 is 0 Å². The number of carbonyl (C=O) groups is 1. The molecule has 1 N–H and O–H groups in total. The van der Waals surface area contributed by atoms with Gasteiger partial charge in [0.15, 0.2) is 5.82 Å². The van der Waals surface area contributed by atoms with Crippen LogP contribution in [-0.4, -0.2) is 20.7 Å². The van der Waals surface area contributed by atoms with Crippen LogP contribution in [0.4, 0.5) is 5.69 Å². The number of benzene rings is 1. The van der Waals surface area contributed by atoms with E-state index >= 15 is 0 Å². The van der Waals surface area contributed by atoms with Crippen LogP contribution >= 0.6 is 0 Å². The Morgan fingerprint density at radius 2 is 2.09 bits per heavy atom. The molecule has 0 fully saturated rings. The molecule has 2 aromatic rings. The molecule has 0 unspecified atom stereocenters. The number of fused-ring (bicyclic) bond motifs is 1. The van der Waals surface area contributed by atoms with Crippen LogP contribution in [0.1, 0.15) is 38.9 Å². The molecule has 1 aromatic heterocycles. The summed E-state index contributed by atoms with van der Waals surface area (Å²) in [6.45, 7) is 4.77. The van der Waals surface area contributed by atoms with E-state index in [0.29, 0.717) is 0 Å². The van der Waals surface area contributed by atoms with Crippen LogP contribution in [0.3, 0.4) is 0 Å². The van der Waals surface area contributed by atoms with Gasteiger partial charge in [-0.15, -0.1) is 10.2 Å². The monoisotopic (exact) mass is 310 g/mol. The van der Waals surface area contributed by atoms with Crippen LogP contribution in [0.2, 0.25) is 0 Å². The first-order valence-electron chi connectivity index (χ1n) is 8.12. The van der Waals surface area contributed by atoms with Crippen molar-refractivity contribution in [2.24, 2.45) is 0 Å². The minimum Gasteiger partial charge on any atom is -0.322 e. The Labute approximate surface area is 136 Å². The number of carbonyl (C=O) groups excluding carboxylic acids is 1. The molecular weight excluding hydrogens is 288 g/mol. The zero-order chi connectivity index (χ0) is 16.2. The quantitative estimate of drug-likeness (QED) is 0.882. The molecule has 23 heavy (non-hydrogen) atoms. The maximum Gasteiger partial charge on any atom is 0.248 e. The fourth-order valence-corrected chi connectivity index (χ4v) is 2.88. The maximum atomic E-state index is 11.9. The van der Waals surface area contributed by atoms with Crippen LogP contribution in [-0.2, 0) is 17.8 Å². The molecule has 0 saturated heterocycles. The highest BCUT2D eigenvalue weighted by Gasteiger charge is 2.16. The van der Waals surface area contributed by atoms with E-state index in [1.165, 1.54) is 12.8 Å². The fraction of sp³-hybridized carbons (Fsp3) is 0.389. The first-order chi connectivity index (χ1) is 11.1. The van der Waals surface area contributed by atoms with E-state index in [1.807, 2.05) is 38.1 Å². The predicted octanol–water partition coefficient (Wildman–Crippen LogP) is 3.58. The largest absolute Gasteiger partial charge is 0.322 e. The number of aromatic nitrogens is 3. The summed E-state index contributed by atoms with van der Waals surface area (Å²) in [5, 5.41) is 11.6. The van der Waals surface area contributed by atoms with Crippen LogP contribution in [0, 0.1) is 0 Å². The molecule has 0 spiro atoms. The Hall–Kier alpha value is -2.43. The van der Waals surface area contributed by atoms with E-state index in [9.17, 15) is 4.79 Å². The average Bonchev–Trinajstić information content (AvgIpc) is 2.75. The highest BCUT2D eigenvalue weighted by molar-refractivity contribution is 5.99. The molecule has 1 amide bonds. The normalized spacial score (nSPS) is 13.8. The minimum atomic E-state index is -0.109. The minimum absolute atomic E-state index is 0.109. The summed E-state index contributed by atoms with van der Waals surface area (Å²) < 4.78 is 2.21. The Morgan fingerprint density at radius 1 is 1.22 bits per heavy atom. The van der Waals surface area contributed by atoms with E-state index < -0.39 is 0 Å². The summed E-state index contributed by atoms with van der Waals surface area (Å²) in [7, 11) is 0. The molecule has 1 aliphatic heterocycles. The van der Waals surface area contributed by atoms with Crippen molar-refractivity contribution in [2.45, 2.75) is 46.1 Å². The highest BCUT2D eigenvalue weighted by Crippen LogP contribution is 2.24. The molecule has 3 rings (SSSR count). The van der Waals surface area contributed by atoms with Crippen LogP contribution in [0.25, 0.3) is 11.4 Å². The molecule has 0 atom stereocenters. The van der Waals surface area contributed by atoms with Crippen molar-refractivity contribution >= 4 is 11.6 Å². The first-order valence-corrected chi connectivity index (χ1v) is 8.12. The van der Waals surface area contributed by atoms with Crippen LogP contribution < -0.4 is 5.32 Å². The van der Waals surface area contributed by atoms with Crippen LogP contribution in [0.15, 0.2) is 35.9 Å². The number of nitrogens with zero attached hydrogens (tertiary/aromatic N) is 3. The van der Waals surface area contributed by atoms with Gasteiger partial charge in [-0.05, 0) is 38.8 Å². The lowest BCUT2D eigenvalue weighted by Gasteiger charge is -2.09. The Morgan fingerprint density at radius 3 is 2.91 bits per heavy atom. The topological polar surface area (TPSA) is 59.8 Å². The smallest absolute Gasteiger partial charge is 0.248 e. The summed E-state index contributed by atoms with van der Waals surface area (Å²) in [4.78, 5) is 11.9. The van der Waals surface area contributed by atoms with E-state index in [0.717, 1.165) is 47.9 Å². The molecule has 0 saturated carbocycles. The predicted molar refractivity (Wildman–Crippen MR) is 91.1 cm³/mol. The SMILES string of the molecule is CC(C)=CC(=O)Nc1cccc(-c2nnc3n2CCCCC3)c1. The van der Waals surface area contributed by atoms with E-state index in [-0.39, 0.29) is 5.91 Å². The number of hydrogen-bond donors (Lipinski definition) is 1. The van der Waals surface area contributed by atoms with Crippen molar-refractivity contribution in [3.8, 4) is 11.4 Å². The average molecular weight is 310 g/mol. The molecule has 2 heterocycles. The van der Waals surface area contributed by atoms with Gasteiger partial charge in [0.2, 0.25) is 5.91 Å². The lowest BCUT2D eigenvalue weighted by atomic mass is 10.2. The third-order valence-corrected chi connectivity index (χ3v) is 3.92. The van der Waals surface area contributed by atoms with Gasteiger partial charge in [0.05, 0.1) is 0 Å². The van der Waals surface area contributed by atoms with Gasteiger partial charge in [0, 0.05) is 30.3 Å². The lowest BCUT2D eigenvalue weighted by molar-refractivity contribution is -0.111. The number of nitrogens with one attached hydrogen (secondary N) is 1. The molecule has 1 aliphatic rings. The molecule has 0 bridgehead atoms. The zero-order valence-electron chi connectivity index (χ0n) is 13.7. The summed E-state index contributed by atoms with van der Waals surface area (Å²) >= 11 is 0. The molecule has 1 aromatic carbocycles. The lowest BCUT2D eigenvalue weighted by Crippen LogP contribution is -2.08. The second-order valence-corrected chi connectivity index (χ2v) is 6.19. The van der Waals surface area contributed by atoms with Gasteiger partial charge in [-0.3, -0.25) is 4.79 Å². The van der Waals surface area contributed by atoms with Gasteiger partial charge in [-0.25, -0.2) is 0 Å². The van der Waals surface area contributed by atoms with Crippen molar-refractivity contribution in [3.63, 3.8) is 0 Å². The first kappa shape index (κ1) is 15.5. The molecule has 120 valence electrons.